The molecule has 0 spiro atoms. The first-order valence-electron chi connectivity index (χ1n) is 8.72. The van der Waals surface area contributed by atoms with Crippen LogP contribution in [-0.2, 0) is 20.1 Å². The molecule has 8 nitrogen and oxygen atoms in total. The van der Waals surface area contributed by atoms with Crippen LogP contribution in [0, 0.1) is 5.82 Å². The molecule has 2 heterocycles. The van der Waals surface area contributed by atoms with Gasteiger partial charge < -0.3 is 15.2 Å². The summed E-state index contributed by atoms with van der Waals surface area (Å²) in [6.07, 6.45) is 4.22. The van der Waals surface area contributed by atoms with E-state index in [0.29, 0.717) is 12.5 Å². The number of benzene rings is 1. The number of rotatable bonds is 6. The Hall–Kier alpha value is -3.23. The molecular formula is C18H19FN6O2. The Morgan fingerprint density at radius 1 is 1.30 bits per heavy atom. The maximum Gasteiger partial charge on any atom is 0.315 e. The van der Waals surface area contributed by atoms with Gasteiger partial charge in [0.1, 0.15) is 5.82 Å². The van der Waals surface area contributed by atoms with Gasteiger partial charge in [-0.15, -0.1) is 0 Å². The van der Waals surface area contributed by atoms with Crippen LogP contribution in [0.2, 0.25) is 0 Å². The van der Waals surface area contributed by atoms with Gasteiger partial charge in [-0.25, -0.2) is 9.18 Å². The first kappa shape index (κ1) is 17.2. The Balaban J connectivity index is 1.31. The number of urea groups is 1. The standard InChI is InChI=1S/C18H19FN6O2/c1-25-15(13(8-22-25)11-6-7-11)9-20-18(26)21-10-16-23-17(27-24-16)12-4-2-3-5-14(12)19/h2-5,8,11H,6-7,9-10H2,1H3,(H2,20,21,26). The number of carbonyl (C=O) groups is 1. The summed E-state index contributed by atoms with van der Waals surface area (Å²) in [5.74, 6) is 0.465. The van der Waals surface area contributed by atoms with Crippen molar-refractivity contribution in [3.05, 3.63) is 53.4 Å². The Morgan fingerprint density at radius 2 is 2.07 bits per heavy atom. The highest BCUT2D eigenvalue weighted by molar-refractivity contribution is 5.73. The molecule has 27 heavy (non-hydrogen) atoms. The molecule has 140 valence electrons. The van der Waals surface area contributed by atoms with E-state index in [1.165, 1.54) is 24.5 Å². The topological polar surface area (TPSA) is 97.9 Å². The van der Waals surface area contributed by atoms with Gasteiger partial charge in [0, 0.05) is 7.05 Å². The van der Waals surface area contributed by atoms with Crippen molar-refractivity contribution in [1.29, 1.82) is 0 Å². The zero-order valence-corrected chi connectivity index (χ0v) is 14.8. The molecule has 1 aliphatic carbocycles. The third-order valence-corrected chi connectivity index (χ3v) is 4.51. The van der Waals surface area contributed by atoms with Gasteiger partial charge in [0.05, 0.1) is 30.5 Å². The molecule has 0 atom stereocenters. The molecule has 1 fully saturated rings. The first-order chi connectivity index (χ1) is 13.1. The number of aryl methyl sites for hydroxylation is 1. The smallest absolute Gasteiger partial charge is 0.315 e. The average Bonchev–Trinajstić information content (AvgIpc) is 3.28. The van der Waals surface area contributed by atoms with Crippen LogP contribution in [0.25, 0.3) is 11.5 Å². The number of nitrogens with zero attached hydrogens (tertiary/aromatic N) is 4. The fourth-order valence-corrected chi connectivity index (χ4v) is 2.89. The summed E-state index contributed by atoms with van der Waals surface area (Å²) in [7, 11) is 1.87. The van der Waals surface area contributed by atoms with Crippen molar-refractivity contribution < 1.29 is 13.7 Å². The monoisotopic (exact) mass is 370 g/mol. The Morgan fingerprint density at radius 3 is 2.85 bits per heavy atom. The second kappa shape index (κ2) is 7.18. The SMILES string of the molecule is Cn1ncc(C2CC2)c1CNC(=O)NCc1noc(-c2ccccc2F)n1. The highest BCUT2D eigenvalue weighted by Gasteiger charge is 2.28. The summed E-state index contributed by atoms with van der Waals surface area (Å²) in [6, 6.07) is 5.79. The number of amides is 2. The van der Waals surface area contributed by atoms with E-state index in [4.69, 9.17) is 4.52 Å². The van der Waals surface area contributed by atoms with Crippen molar-refractivity contribution >= 4 is 6.03 Å². The van der Waals surface area contributed by atoms with Gasteiger partial charge in [-0.1, -0.05) is 17.3 Å². The molecule has 2 N–H and O–H groups in total. The second-order valence-corrected chi connectivity index (χ2v) is 6.48. The van der Waals surface area contributed by atoms with E-state index >= 15 is 0 Å². The summed E-state index contributed by atoms with van der Waals surface area (Å²) in [5.41, 5.74) is 2.43. The molecular weight excluding hydrogens is 351 g/mol. The summed E-state index contributed by atoms with van der Waals surface area (Å²) in [5, 5.41) is 13.5. The number of nitrogens with one attached hydrogen (secondary N) is 2. The lowest BCUT2D eigenvalue weighted by molar-refractivity contribution is 0.239. The second-order valence-electron chi connectivity index (χ2n) is 6.48. The molecule has 3 aromatic rings. The van der Waals surface area contributed by atoms with Crippen LogP contribution in [0.5, 0.6) is 0 Å². The molecule has 9 heteroatoms. The van der Waals surface area contributed by atoms with Crippen LogP contribution >= 0.6 is 0 Å². The predicted octanol–water partition coefficient (Wildman–Crippen LogP) is 2.49. The maximum atomic E-state index is 13.7. The zero-order chi connectivity index (χ0) is 18.8. The third-order valence-electron chi connectivity index (χ3n) is 4.51. The lowest BCUT2D eigenvalue weighted by Gasteiger charge is -2.08. The number of halogens is 1. The van der Waals surface area contributed by atoms with E-state index in [9.17, 15) is 9.18 Å². The molecule has 1 saturated carbocycles. The van der Waals surface area contributed by atoms with E-state index in [0.717, 1.165) is 5.69 Å². The fourth-order valence-electron chi connectivity index (χ4n) is 2.89. The van der Waals surface area contributed by atoms with Gasteiger partial charge in [-0.2, -0.15) is 10.1 Å². The summed E-state index contributed by atoms with van der Waals surface area (Å²) in [4.78, 5) is 16.2. The molecule has 0 bridgehead atoms. The number of hydrogen-bond donors (Lipinski definition) is 2. The van der Waals surface area contributed by atoms with Crippen molar-refractivity contribution in [1.82, 2.24) is 30.6 Å². The van der Waals surface area contributed by atoms with Gasteiger partial charge in [0.15, 0.2) is 5.82 Å². The van der Waals surface area contributed by atoms with Gasteiger partial charge in [-0.05, 0) is 36.5 Å². The van der Waals surface area contributed by atoms with E-state index in [-0.39, 0.29) is 29.9 Å². The third kappa shape index (κ3) is 3.81. The largest absolute Gasteiger partial charge is 0.334 e. The minimum atomic E-state index is -0.443. The first-order valence-corrected chi connectivity index (χ1v) is 8.72. The van der Waals surface area contributed by atoms with Crippen LogP contribution in [0.3, 0.4) is 0 Å². The number of aromatic nitrogens is 4. The fraction of sp³-hybridized carbons (Fsp3) is 0.333. The number of carbonyl (C=O) groups excluding carboxylic acids is 1. The predicted molar refractivity (Wildman–Crippen MR) is 94.0 cm³/mol. The molecule has 0 radical (unpaired) electrons. The van der Waals surface area contributed by atoms with Crippen molar-refractivity contribution in [2.24, 2.45) is 7.05 Å². The molecule has 2 amide bonds. The van der Waals surface area contributed by atoms with Crippen LogP contribution in [-0.4, -0.2) is 26.0 Å². The lowest BCUT2D eigenvalue weighted by atomic mass is 10.1. The normalized spacial score (nSPS) is 13.6. The van der Waals surface area contributed by atoms with Crippen LogP contribution in [0.15, 0.2) is 35.0 Å². The summed E-state index contributed by atoms with van der Waals surface area (Å²) < 4.78 is 20.6. The van der Waals surface area contributed by atoms with E-state index in [1.54, 1.807) is 22.9 Å². The Kier molecular flexibility index (Phi) is 4.57. The van der Waals surface area contributed by atoms with Crippen molar-refractivity contribution in [2.75, 3.05) is 0 Å². The van der Waals surface area contributed by atoms with Gasteiger partial charge in [-0.3, -0.25) is 4.68 Å². The van der Waals surface area contributed by atoms with Crippen LogP contribution in [0.1, 0.15) is 35.8 Å². The van der Waals surface area contributed by atoms with Crippen LogP contribution in [0.4, 0.5) is 9.18 Å². The summed E-state index contributed by atoms with van der Waals surface area (Å²) in [6.45, 7) is 0.464. The minimum Gasteiger partial charge on any atom is -0.334 e. The van der Waals surface area contributed by atoms with Gasteiger partial charge >= 0.3 is 6.03 Å². The maximum absolute atomic E-state index is 13.7. The highest BCUT2D eigenvalue weighted by atomic mass is 19.1. The Bertz CT molecular complexity index is 962. The average molecular weight is 370 g/mol. The highest BCUT2D eigenvalue weighted by Crippen LogP contribution is 2.41. The van der Waals surface area contributed by atoms with Gasteiger partial charge in [0.2, 0.25) is 0 Å². The zero-order valence-electron chi connectivity index (χ0n) is 14.8. The van der Waals surface area contributed by atoms with Crippen molar-refractivity contribution in [2.45, 2.75) is 31.8 Å². The van der Waals surface area contributed by atoms with Crippen molar-refractivity contribution in [3.63, 3.8) is 0 Å². The Labute approximate surface area is 154 Å². The van der Waals surface area contributed by atoms with Crippen LogP contribution < -0.4 is 10.6 Å². The number of hydrogen-bond acceptors (Lipinski definition) is 5. The quantitative estimate of drug-likeness (QED) is 0.695. The van der Waals surface area contributed by atoms with E-state index < -0.39 is 5.82 Å². The van der Waals surface area contributed by atoms with E-state index in [1.807, 2.05) is 13.2 Å². The molecule has 1 aromatic carbocycles. The lowest BCUT2D eigenvalue weighted by Crippen LogP contribution is -2.35. The molecule has 0 saturated heterocycles. The van der Waals surface area contributed by atoms with Crippen molar-refractivity contribution in [3.8, 4) is 11.5 Å². The van der Waals surface area contributed by atoms with E-state index in [2.05, 4.69) is 25.9 Å². The molecule has 1 aliphatic rings. The summed E-state index contributed by atoms with van der Waals surface area (Å²) >= 11 is 0. The van der Waals surface area contributed by atoms with Gasteiger partial charge in [0.25, 0.3) is 5.89 Å². The molecule has 0 unspecified atom stereocenters. The molecule has 0 aliphatic heterocycles. The minimum absolute atomic E-state index is 0.0741. The molecule has 4 rings (SSSR count). The molecule has 2 aromatic heterocycles.